The van der Waals surface area contributed by atoms with Gasteiger partial charge in [0.2, 0.25) is 0 Å². The molecule has 0 aromatic heterocycles. The Hall–Kier alpha value is -2.90. The number of alkyl halides is 3. The third-order valence-corrected chi connectivity index (χ3v) is 2.70. The molecule has 0 bridgehead atoms. The number of hydrogen-bond acceptors (Lipinski definition) is 4. The molecule has 0 fully saturated rings. The van der Waals surface area contributed by atoms with E-state index in [2.05, 4.69) is 10.5 Å². The molecule has 22 heavy (non-hydrogen) atoms. The lowest BCUT2D eigenvalue weighted by Gasteiger charge is -2.07. The number of benzene rings is 2. The summed E-state index contributed by atoms with van der Waals surface area (Å²) in [5.74, 6) is 0. The van der Waals surface area contributed by atoms with E-state index in [-0.39, 0.29) is 5.69 Å². The van der Waals surface area contributed by atoms with Crippen molar-refractivity contribution in [1.82, 2.24) is 0 Å². The van der Waals surface area contributed by atoms with Gasteiger partial charge >= 0.3 is 6.18 Å². The molecule has 1 N–H and O–H groups in total. The zero-order valence-corrected chi connectivity index (χ0v) is 11.0. The normalized spacial score (nSPS) is 11.6. The van der Waals surface area contributed by atoms with E-state index < -0.39 is 16.7 Å². The number of hydrazone groups is 1. The molecule has 0 saturated carbocycles. The molecule has 0 spiro atoms. The summed E-state index contributed by atoms with van der Waals surface area (Å²) < 4.78 is 37.2. The third-order valence-electron chi connectivity index (χ3n) is 2.70. The number of nitrogens with one attached hydrogen (secondary N) is 1. The smallest absolute Gasteiger partial charge is 0.279 e. The quantitative estimate of drug-likeness (QED) is 0.526. The van der Waals surface area contributed by atoms with Gasteiger partial charge in [-0.05, 0) is 24.3 Å². The van der Waals surface area contributed by atoms with E-state index in [1.165, 1.54) is 36.5 Å². The Balaban J connectivity index is 2.03. The predicted octanol–water partition coefficient (Wildman–Crippen LogP) is 4.06. The lowest BCUT2D eigenvalue weighted by Crippen LogP contribution is -2.04. The monoisotopic (exact) mass is 309 g/mol. The first-order valence-corrected chi connectivity index (χ1v) is 6.07. The number of nitro benzene ring substituents is 1. The van der Waals surface area contributed by atoms with Crippen molar-refractivity contribution in [3.8, 4) is 0 Å². The number of rotatable bonds is 4. The summed E-state index contributed by atoms with van der Waals surface area (Å²) >= 11 is 0. The van der Waals surface area contributed by atoms with Crippen LogP contribution < -0.4 is 5.43 Å². The van der Waals surface area contributed by atoms with E-state index in [9.17, 15) is 23.3 Å². The van der Waals surface area contributed by atoms with Gasteiger partial charge in [-0.1, -0.05) is 12.1 Å². The van der Waals surface area contributed by atoms with Crippen molar-refractivity contribution in [2.45, 2.75) is 6.18 Å². The lowest BCUT2D eigenvalue weighted by molar-refractivity contribution is -0.384. The molecule has 114 valence electrons. The number of anilines is 1. The van der Waals surface area contributed by atoms with Crippen LogP contribution in [0, 0.1) is 10.1 Å². The Morgan fingerprint density at radius 2 is 1.82 bits per heavy atom. The summed E-state index contributed by atoms with van der Waals surface area (Å²) in [7, 11) is 0. The van der Waals surface area contributed by atoms with Gasteiger partial charge in [-0.3, -0.25) is 15.5 Å². The molecule has 2 rings (SSSR count). The molecule has 0 heterocycles. The zero-order chi connectivity index (χ0) is 16.2. The van der Waals surface area contributed by atoms with Crippen molar-refractivity contribution in [3.63, 3.8) is 0 Å². The van der Waals surface area contributed by atoms with Gasteiger partial charge in [0, 0.05) is 17.7 Å². The van der Waals surface area contributed by atoms with E-state index in [0.29, 0.717) is 11.3 Å². The molecule has 2 aromatic carbocycles. The molecule has 0 aliphatic rings. The van der Waals surface area contributed by atoms with Crippen LogP contribution >= 0.6 is 0 Å². The van der Waals surface area contributed by atoms with Gasteiger partial charge in [0.25, 0.3) is 5.69 Å². The minimum absolute atomic E-state index is 0.0709. The highest BCUT2D eigenvalue weighted by atomic mass is 19.4. The second kappa shape index (κ2) is 6.25. The Labute approximate surface area is 123 Å². The highest BCUT2D eigenvalue weighted by Crippen LogP contribution is 2.29. The van der Waals surface area contributed by atoms with Gasteiger partial charge < -0.3 is 0 Å². The molecule has 2 aromatic rings. The fourth-order valence-electron chi connectivity index (χ4n) is 1.63. The Morgan fingerprint density at radius 1 is 1.14 bits per heavy atom. The molecular formula is C14H10F3N3O2. The van der Waals surface area contributed by atoms with Crippen molar-refractivity contribution in [3.05, 3.63) is 69.8 Å². The maximum absolute atomic E-state index is 12.4. The fourth-order valence-corrected chi connectivity index (χ4v) is 1.63. The number of hydrogen-bond donors (Lipinski definition) is 1. The summed E-state index contributed by atoms with van der Waals surface area (Å²) in [6.07, 6.45) is -3.05. The van der Waals surface area contributed by atoms with E-state index >= 15 is 0 Å². The highest BCUT2D eigenvalue weighted by molar-refractivity contribution is 5.81. The molecule has 0 aliphatic carbocycles. The number of halogens is 3. The van der Waals surface area contributed by atoms with Crippen LogP contribution in [0.25, 0.3) is 0 Å². The Bertz CT molecular complexity index is 697. The SMILES string of the molecule is O=[N+]([O-])c1cccc(C=NNc2ccc(C(F)(F)F)cc2)c1. The highest BCUT2D eigenvalue weighted by Gasteiger charge is 2.29. The second-order valence-electron chi connectivity index (χ2n) is 4.30. The minimum atomic E-state index is -4.38. The molecule has 0 radical (unpaired) electrons. The van der Waals surface area contributed by atoms with E-state index in [0.717, 1.165) is 12.1 Å². The molecule has 0 atom stereocenters. The van der Waals surface area contributed by atoms with Gasteiger partial charge in [-0.2, -0.15) is 18.3 Å². The average Bonchev–Trinajstić information content (AvgIpc) is 2.47. The second-order valence-corrected chi connectivity index (χ2v) is 4.30. The average molecular weight is 309 g/mol. The molecule has 0 amide bonds. The van der Waals surface area contributed by atoms with Crippen LogP contribution in [0.3, 0.4) is 0 Å². The number of nitro groups is 1. The van der Waals surface area contributed by atoms with E-state index in [1.807, 2.05) is 0 Å². The first-order chi connectivity index (χ1) is 10.4. The molecule has 5 nitrogen and oxygen atoms in total. The van der Waals surface area contributed by atoms with Crippen molar-refractivity contribution in [2.75, 3.05) is 5.43 Å². The van der Waals surface area contributed by atoms with E-state index in [1.54, 1.807) is 6.07 Å². The van der Waals surface area contributed by atoms with Crippen LogP contribution in [-0.2, 0) is 6.18 Å². The van der Waals surface area contributed by atoms with Crippen LogP contribution in [0.15, 0.2) is 53.6 Å². The minimum Gasteiger partial charge on any atom is -0.279 e. The summed E-state index contributed by atoms with van der Waals surface area (Å²) in [6.45, 7) is 0. The topological polar surface area (TPSA) is 67.5 Å². The first-order valence-electron chi connectivity index (χ1n) is 6.07. The Kier molecular flexibility index (Phi) is 4.40. The summed E-state index contributed by atoms with van der Waals surface area (Å²) in [5.41, 5.74) is 2.60. The predicted molar refractivity (Wildman–Crippen MR) is 75.8 cm³/mol. The van der Waals surface area contributed by atoms with Gasteiger partial charge in [0.1, 0.15) is 0 Å². The largest absolute Gasteiger partial charge is 0.416 e. The van der Waals surface area contributed by atoms with Gasteiger partial charge in [0.05, 0.1) is 22.4 Å². The Morgan fingerprint density at radius 3 is 2.41 bits per heavy atom. The van der Waals surface area contributed by atoms with Crippen LogP contribution in [0.1, 0.15) is 11.1 Å². The maximum Gasteiger partial charge on any atom is 0.416 e. The van der Waals surface area contributed by atoms with Crippen LogP contribution in [0.4, 0.5) is 24.5 Å². The lowest BCUT2D eigenvalue weighted by atomic mass is 10.2. The molecule has 0 unspecified atom stereocenters. The van der Waals surface area contributed by atoms with Crippen LogP contribution in [-0.4, -0.2) is 11.1 Å². The van der Waals surface area contributed by atoms with Gasteiger partial charge in [-0.15, -0.1) is 0 Å². The molecule has 0 saturated heterocycles. The molecule has 8 heteroatoms. The molecular weight excluding hydrogens is 299 g/mol. The van der Waals surface area contributed by atoms with E-state index in [4.69, 9.17) is 0 Å². The van der Waals surface area contributed by atoms with Crippen LogP contribution in [0.5, 0.6) is 0 Å². The third kappa shape index (κ3) is 4.05. The fraction of sp³-hybridized carbons (Fsp3) is 0.0714. The summed E-state index contributed by atoms with van der Waals surface area (Å²) in [4.78, 5) is 10.1. The van der Waals surface area contributed by atoms with Crippen molar-refractivity contribution < 1.29 is 18.1 Å². The maximum atomic E-state index is 12.4. The standard InChI is InChI=1S/C14H10F3N3O2/c15-14(16,17)11-4-6-12(7-5-11)19-18-9-10-2-1-3-13(8-10)20(21)22/h1-9,19H. The summed E-state index contributed by atoms with van der Waals surface area (Å²) in [5, 5.41) is 14.4. The molecule has 0 aliphatic heterocycles. The first kappa shape index (κ1) is 15.5. The zero-order valence-electron chi connectivity index (χ0n) is 11.0. The summed E-state index contributed by atoms with van der Waals surface area (Å²) in [6, 6.07) is 10.2. The van der Waals surface area contributed by atoms with Crippen molar-refractivity contribution in [1.29, 1.82) is 0 Å². The number of non-ortho nitro benzene ring substituents is 1. The van der Waals surface area contributed by atoms with Crippen molar-refractivity contribution >= 4 is 17.6 Å². The van der Waals surface area contributed by atoms with Gasteiger partial charge in [0.15, 0.2) is 0 Å². The van der Waals surface area contributed by atoms with Crippen molar-refractivity contribution in [2.24, 2.45) is 5.10 Å². The van der Waals surface area contributed by atoms with Gasteiger partial charge in [-0.25, -0.2) is 0 Å². The van der Waals surface area contributed by atoms with Crippen LogP contribution in [0.2, 0.25) is 0 Å². The number of nitrogens with zero attached hydrogens (tertiary/aromatic N) is 2.